The summed E-state index contributed by atoms with van der Waals surface area (Å²) >= 11 is 6.18. The highest BCUT2D eigenvalue weighted by Crippen LogP contribution is 2.33. The van der Waals surface area contributed by atoms with Crippen LogP contribution in [0.15, 0.2) is 38.8 Å². The third-order valence-electron chi connectivity index (χ3n) is 3.79. The molecule has 0 saturated carbocycles. The van der Waals surface area contributed by atoms with Crippen LogP contribution in [-0.4, -0.2) is 29.9 Å². The summed E-state index contributed by atoms with van der Waals surface area (Å²) in [5.74, 6) is 0.834. The molecule has 0 amide bonds. The van der Waals surface area contributed by atoms with Crippen LogP contribution >= 0.6 is 39.0 Å². The van der Waals surface area contributed by atoms with Gasteiger partial charge in [-0.3, -0.25) is 0 Å². The molecule has 2 N–H and O–H groups in total. The lowest BCUT2D eigenvalue weighted by Gasteiger charge is -2.05. The second-order valence-corrected chi connectivity index (χ2v) is 10.8. The van der Waals surface area contributed by atoms with Crippen LogP contribution < -0.4 is 5.73 Å². The van der Waals surface area contributed by atoms with Crippen LogP contribution in [0.5, 0.6) is 0 Å². The van der Waals surface area contributed by atoms with Gasteiger partial charge in [0.1, 0.15) is 10.6 Å². The molecule has 5 nitrogen and oxygen atoms in total. The number of thioether (sulfide) groups is 1. The Hall–Kier alpha value is -1.16. The van der Waals surface area contributed by atoms with Crippen LogP contribution in [0.4, 0.5) is 5.82 Å². The van der Waals surface area contributed by atoms with Gasteiger partial charge in [-0.2, -0.15) is 0 Å². The summed E-state index contributed by atoms with van der Waals surface area (Å²) in [6.07, 6.45) is 0. The van der Waals surface area contributed by atoms with E-state index in [2.05, 4.69) is 25.9 Å². The molecule has 132 valence electrons. The van der Waals surface area contributed by atoms with Gasteiger partial charge in [-0.05, 0) is 43.7 Å². The van der Waals surface area contributed by atoms with E-state index in [1.165, 1.54) is 11.8 Å². The molecule has 3 rings (SSSR count). The second-order valence-electron chi connectivity index (χ2n) is 5.48. The smallest absolute Gasteiger partial charge is 0.190 e. The van der Waals surface area contributed by atoms with E-state index in [4.69, 9.17) is 5.73 Å². The van der Waals surface area contributed by atoms with Crippen molar-refractivity contribution in [1.29, 1.82) is 0 Å². The first-order valence-corrected chi connectivity index (χ1v) is 11.7. The van der Waals surface area contributed by atoms with Crippen molar-refractivity contribution in [2.75, 3.05) is 17.2 Å². The fraction of sp³-hybridized carbons (Fsp3) is 0.250. The normalized spacial score (nSPS) is 12.0. The van der Waals surface area contributed by atoms with Crippen LogP contribution in [0.25, 0.3) is 10.2 Å². The first kappa shape index (κ1) is 18.6. The van der Waals surface area contributed by atoms with Gasteiger partial charge >= 0.3 is 0 Å². The number of aromatic nitrogens is 2. The predicted octanol–water partition coefficient (Wildman–Crippen LogP) is 4.22. The third kappa shape index (κ3) is 3.99. The highest BCUT2D eigenvalue weighted by molar-refractivity contribution is 9.10. The second kappa shape index (κ2) is 7.22. The quantitative estimate of drug-likeness (QED) is 0.455. The average Bonchev–Trinajstić information content (AvgIpc) is 2.82. The van der Waals surface area contributed by atoms with Crippen LogP contribution in [0, 0.1) is 13.8 Å². The van der Waals surface area contributed by atoms with Gasteiger partial charge in [-0.1, -0.05) is 27.7 Å². The molecule has 0 radical (unpaired) electrons. The van der Waals surface area contributed by atoms with Crippen LogP contribution in [0.3, 0.4) is 0 Å². The summed E-state index contributed by atoms with van der Waals surface area (Å²) in [6.45, 7) is 4.03. The van der Waals surface area contributed by atoms with Gasteiger partial charge in [0, 0.05) is 15.1 Å². The standard InChI is InChI=1S/C16H16BrN3O2S3/c1-9-10(2)24-15-13(9)14(18)19-16(20-15)23-7-8-25(21,22)12-5-3-11(17)4-6-12/h3-6H,7-8H2,1-2H3,(H2,18,19,20). The minimum Gasteiger partial charge on any atom is -0.383 e. The van der Waals surface area contributed by atoms with E-state index < -0.39 is 9.84 Å². The summed E-state index contributed by atoms with van der Waals surface area (Å²) in [5.41, 5.74) is 7.16. The first-order chi connectivity index (χ1) is 11.8. The topological polar surface area (TPSA) is 85.9 Å². The van der Waals surface area contributed by atoms with Crippen molar-refractivity contribution < 1.29 is 8.42 Å². The maximum absolute atomic E-state index is 12.4. The Bertz CT molecular complexity index is 1030. The third-order valence-corrected chi connectivity index (χ3v) is 8.26. The molecular formula is C16H16BrN3O2S3. The molecule has 0 fully saturated rings. The molecule has 0 unspecified atom stereocenters. The maximum atomic E-state index is 12.4. The number of nitrogens with two attached hydrogens (primary N) is 1. The predicted molar refractivity (Wildman–Crippen MR) is 108 cm³/mol. The van der Waals surface area contributed by atoms with Crippen molar-refractivity contribution in [3.05, 3.63) is 39.2 Å². The van der Waals surface area contributed by atoms with Gasteiger partial charge in [0.2, 0.25) is 0 Å². The largest absolute Gasteiger partial charge is 0.383 e. The maximum Gasteiger partial charge on any atom is 0.190 e. The zero-order valence-electron chi connectivity index (χ0n) is 13.6. The van der Waals surface area contributed by atoms with Gasteiger partial charge in [0.05, 0.1) is 16.0 Å². The summed E-state index contributed by atoms with van der Waals surface area (Å²) in [6, 6.07) is 6.64. The SMILES string of the molecule is Cc1sc2nc(SCCS(=O)(=O)c3ccc(Br)cc3)nc(N)c2c1C. The molecule has 0 spiro atoms. The molecule has 9 heteroatoms. The van der Waals surface area contributed by atoms with E-state index in [0.717, 1.165) is 25.1 Å². The Labute approximate surface area is 163 Å². The molecular weight excluding hydrogens is 442 g/mol. The van der Waals surface area contributed by atoms with Crippen molar-refractivity contribution in [2.45, 2.75) is 23.9 Å². The van der Waals surface area contributed by atoms with Crippen molar-refractivity contribution >= 4 is 64.9 Å². The molecule has 2 heterocycles. The monoisotopic (exact) mass is 457 g/mol. The zero-order chi connectivity index (χ0) is 18.2. The number of fused-ring (bicyclic) bond motifs is 1. The van der Waals surface area contributed by atoms with E-state index in [0.29, 0.717) is 21.6 Å². The number of nitrogens with zero attached hydrogens (tertiary/aromatic N) is 2. The number of benzene rings is 1. The van der Waals surface area contributed by atoms with Crippen molar-refractivity contribution in [2.24, 2.45) is 0 Å². The van der Waals surface area contributed by atoms with Crippen molar-refractivity contribution in [3.8, 4) is 0 Å². The van der Waals surface area contributed by atoms with Crippen LogP contribution in [-0.2, 0) is 9.84 Å². The number of anilines is 1. The lowest BCUT2D eigenvalue weighted by Crippen LogP contribution is -2.09. The number of hydrogen-bond donors (Lipinski definition) is 1. The summed E-state index contributed by atoms with van der Waals surface area (Å²) < 4.78 is 25.6. The van der Waals surface area contributed by atoms with E-state index in [1.54, 1.807) is 35.6 Å². The van der Waals surface area contributed by atoms with E-state index in [9.17, 15) is 8.42 Å². The summed E-state index contributed by atoms with van der Waals surface area (Å²) in [4.78, 5) is 11.2. The van der Waals surface area contributed by atoms with Gasteiger partial charge in [-0.25, -0.2) is 18.4 Å². The lowest BCUT2D eigenvalue weighted by atomic mass is 10.2. The van der Waals surface area contributed by atoms with Gasteiger partial charge in [0.25, 0.3) is 0 Å². The fourth-order valence-corrected chi connectivity index (χ4v) is 6.19. The summed E-state index contributed by atoms with van der Waals surface area (Å²) in [5, 5.41) is 1.41. The molecule has 0 bridgehead atoms. The van der Waals surface area contributed by atoms with E-state index in [1.807, 2.05) is 13.8 Å². The highest BCUT2D eigenvalue weighted by Gasteiger charge is 2.16. The van der Waals surface area contributed by atoms with Gasteiger partial charge in [0.15, 0.2) is 15.0 Å². The number of thiophene rings is 1. The number of rotatable bonds is 5. The lowest BCUT2D eigenvalue weighted by molar-refractivity contribution is 0.597. The first-order valence-electron chi connectivity index (χ1n) is 7.42. The molecule has 1 aromatic carbocycles. The average molecular weight is 458 g/mol. The molecule has 0 atom stereocenters. The Balaban J connectivity index is 1.73. The Morgan fingerprint density at radius 2 is 1.88 bits per heavy atom. The molecule has 0 aliphatic heterocycles. The Morgan fingerprint density at radius 1 is 1.20 bits per heavy atom. The number of halogens is 1. The summed E-state index contributed by atoms with van der Waals surface area (Å²) in [7, 11) is -3.33. The number of sulfone groups is 1. The van der Waals surface area contributed by atoms with Gasteiger partial charge in [-0.15, -0.1) is 11.3 Å². The molecule has 25 heavy (non-hydrogen) atoms. The van der Waals surface area contributed by atoms with Crippen molar-refractivity contribution in [3.63, 3.8) is 0 Å². The molecule has 0 aliphatic carbocycles. The number of nitrogen functional groups attached to an aromatic ring is 1. The van der Waals surface area contributed by atoms with E-state index in [-0.39, 0.29) is 5.75 Å². The molecule has 3 aromatic rings. The highest BCUT2D eigenvalue weighted by atomic mass is 79.9. The van der Waals surface area contributed by atoms with E-state index >= 15 is 0 Å². The molecule has 0 aliphatic rings. The fourth-order valence-electron chi connectivity index (χ4n) is 2.33. The minimum atomic E-state index is -3.33. The number of aryl methyl sites for hydroxylation is 2. The minimum absolute atomic E-state index is 0.0170. The zero-order valence-corrected chi connectivity index (χ0v) is 17.7. The Morgan fingerprint density at radius 3 is 2.56 bits per heavy atom. The van der Waals surface area contributed by atoms with Gasteiger partial charge < -0.3 is 5.73 Å². The number of hydrogen-bond acceptors (Lipinski definition) is 7. The Kier molecular flexibility index (Phi) is 5.38. The van der Waals surface area contributed by atoms with Crippen molar-refractivity contribution in [1.82, 2.24) is 9.97 Å². The molecule has 0 saturated heterocycles. The molecule has 2 aromatic heterocycles. The van der Waals surface area contributed by atoms with Crippen LogP contribution in [0.1, 0.15) is 10.4 Å². The van der Waals surface area contributed by atoms with Crippen LogP contribution in [0.2, 0.25) is 0 Å².